The lowest BCUT2D eigenvalue weighted by Gasteiger charge is -2.16. The fourth-order valence-corrected chi connectivity index (χ4v) is 3.84. The van der Waals surface area contributed by atoms with E-state index < -0.39 is 0 Å². The van der Waals surface area contributed by atoms with Crippen LogP contribution < -0.4 is 0 Å². The van der Waals surface area contributed by atoms with E-state index in [4.69, 9.17) is 4.99 Å². The summed E-state index contributed by atoms with van der Waals surface area (Å²) in [5.74, 6) is 1.50. The minimum absolute atomic E-state index is 0.320. The van der Waals surface area contributed by atoms with Crippen molar-refractivity contribution in [2.24, 2.45) is 4.99 Å². The van der Waals surface area contributed by atoms with Crippen molar-refractivity contribution in [2.75, 3.05) is 32.1 Å². The summed E-state index contributed by atoms with van der Waals surface area (Å²) in [7, 11) is 2.14. The second kappa shape index (κ2) is 6.68. The molecule has 1 aromatic carbocycles. The van der Waals surface area contributed by atoms with Crippen molar-refractivity contribution in [1.82, 2.24) is 4.90 Å². The molecule has 1 aliphatic rings. The topological polar surface area (TPSA) is 35.8 Å². The van der Waals surface area contributed by atoms with E-state index in [-0.39, 0.29) is 0 Å². The Morgan fingerprint density at radius 3 is 2.95 bits per heavy atom. The molecule has 1 saturated heterocycles. The Kier molecular flexibility index (Phi) is 5.19. The molecule has 0 spiro atoms. The summed E-state index contributed by atoms with van der Waals surface area (Å²) in [4.78, 5) is 7.03. The van der Waals surface area contributed by atoms with Crippen LogP contribution in [0.15, 0.2) is 23.2 Å². The predicted octanol–water partition coefficient (Wildman–Crippen LogP) is 2.81. The summed E-state index contributed by atoms with van der Waals surface area (Å²) in [6.45, 7) is 3.89. The molecule has 1 N–H and O–H groups in total. The molecule has 1 unspecified atom stereocenters. The van der Waals surface area contributed by atoms with Gasteiger partial charge >= 0.3 is 0 Å². The number of aromatic hydroxyl groups is 1. The largest absolute Gasteiger partial charge is 0.507 e. The van der Waals surface area contributed by atoms with Crippen LogP contribution >= 0.6 is 23.5 Å². The molecule has 3 nitrogen and oxygen atoms in total. The average molecular weight is 296 g/mol. The van der Waals surface area contributed by atoms with Crippen molar-refractivity contribution in [2.45, 2.75) is 12.3 Å². The van der Waals surface area contributed by atoms with Crippen LogP contribution in [-0.2, 0) is 0 Å². The summed E-state index contributed by atoms with van der Waals surface area (Å²) >= 11 is 3.54. The van der Waals surface area contributed by atoms with Crippen molar-refractivity contribution >= 4 is 28.6 Å². The molecule has 0 aromatic heterocycles. The van der Waals surface area contributed by atoms with Crippen LogP contribution in [0.1, 0.15) is 11.1 Å². The Labute approximate surface area is 123 Å². The number of phenolic OH excluding ortho intramolecular Hbond substituents is 1. The molecule has 0 bridgehead atoms. The Morgan fingerprint density at radius 1 is 1.58 bits per heavy atom. The highest BCUT2D eigenvalue weighted by Crippen LogP contribution is 2.25. The van der Waals surface area contributed by atoms with Gasteiger partial charge in [0, 0.05) is 17.9 Å². The van der Waals surface area contributed by atoms with E-state index in [1.54, 1.807) is 17.8 Å². The normalized spacial score (nSPS) is 21.0. The fraction of sp³-hybridized carbons (Fsp3) is 0.500. The fourth-order valence-electron chi connectivity index (χ4n) is 2.04. The van der Waals surface area contributed by atoms with Gasteiger partial charge in [-0.05, 0) is 37.9 Å². The summed E-state index contributed by atoms with van der Waals surface area (Å²) in [6.07, 6.45) is 2.00. The summed E-state index contributed by atoms with van der Waals surface area (Å²) < 4.78 is 0. The van der Waals surface area contributed by atoms with E-state index in [0.717, 1.165) is 29.3 Å². The number of likely N-dealkylation sites (N-methyl/N-ethyl adjacent to an activating group) is 1. The highest BCUT2D eigenvalue weighted by atomic mass is 32.2. The van der Waals surface area contributed by atoms with Crippen molar-refractivity contribution in [3.63, 3.8) is 0 Å². The molecule has 2 rings (SSSR count). The van der Waals surface area contributed by atoms with E-state index in [0.29, 0.717) is 11.1 Å². The molecule has 5 heteroatoms. The molecule has 1 aromatic rings. The van der Waals surface area contributed by atoms with Crippen LogP contribution in [0.3, 0.4) is 0 Å². The monoisotopic (exact) mass is 296 g/mol. The molecule has 1 heterocycles. The van der Waals surface area contributed by atoms with Crippen molar-refractivity contribution in [1.29, 1.82) is 0 Å². The third-order valence-electron chi connectivity index (χ3n) is 3.21. The van der Waals surface area contributed by atoms with Crippen LogP contribution in [0.4, 0.5) is 0 Å². The Bertz CT molecular complexity index is 477. The standard InChI is InChI=1S/C14H20N2OS2/c1-10-4-5-11(12(17)8-10)14(18-3)15-9-13-16(2)6-7-19-13/h4-5,8,13,17H,6-7,9H2,1-3H3/b15-14-. The highest BCUT2D eigenvalue weighted by Gasteiger charge is 2.21. The van der Waals surface area contributed by atoms with Crippen molar-refractivity contribution in [3.8, 4) is 5.75 Å². The Balaban J connectivity index is 2.14. The Morgan fingerprint density at radius 2 is 2.37 bits per heavy atom. The van der Waals surface area contributed by atoms with Crippen LogP contribution in [0.5, 0.6) is 5.75 Å². The number of thioether (sulfide) groups is 2. The van der Waals surface area contributed by atoms with Gasteiger partial charge in [0.2, 0.25) is 0 Å². The Hall–Kier alpha value is -0.650. The molecule has 104 valence electrons. The molecular formula is C14H20N2OS2. The number of phenols is 1. The second-order valence-corrected chi connectivity index (χ2v) is 6.76. The van der Waals surface area contributed by atoms with Crippen LogP contribution in [-0.4, -0.2) is 52.6 Å². The maximum absolute atomic E-state index is 10.0. The molecule has 19 heavy (non-hydrogen) atoms. The predicted molar refractivity (Wildman–Crippen MR) is 86.6 cm³/mol. The van der Waals surface area contributed by atoms with Gasteiger partial charge in [-0.1, -0.05) is 6.07 Å². The molecule has 0 radical (unpaired) electrons. The van der Waals surface area contributed by atoms with Crippen LogP contribution in [0, 0.1) is 6.92 Å². The number of aliphatic imine (C=N–C) groups is 1. The van der Waals surface area contributed by atoms with E-state index in [1.165, 1.54) is 5.75 Å². The minimum Gasteiger partial charge on any atom is -0.507 e. The first-order valence-corrected chi connectivity index (χ1v) is 8.59. The van der Waals surface area contributed by atoms with Gasteiger partial charge in [0.05, 0.1) is 11.9 Å². The quantitative estimate of drug-likeness (QED) is 0.687. The second-order valence-electron chi connectivity index (χ2n) is 4.68. The van der Waals surface area contributed by atoms with Gasteiger partial charge < -0.3 is 5.11 Å². The number of benzene rings is 1. The number of hydrogen-bond donors (Lipinski definition) is 1. The molecule has 0 saturated carbocycles. The molecule has 0 aliphatic carbocycles. The number of rotatable bonds is 3. The first-order chi connectivity index (χ1) is 9.11. The lowest BCUT2D eigenvalue weighted by molar-refractivity contribution is 0.357. The number of hydrogen-bond acceptors (Lipinski definition) is 5. The van der Waals surface area contributed by atoms with E-state index >= 15 is 0 Å². The van der Waals surface area contributed by atoms with Crippen molar-refractivity contribution < 1.29 is 5.11 Å². The summed E-state index contributed by atoms with van der Waals surface area (Å²) in [6, 6.07) is 5.75. The lowest BCUT2D eigenvalue weighted by atomic mass is 10.1. The van der Waals surface area contributed by atoms with Gasteiger partial charge in [0.15, 0.2) is 0 Å². The van der Waals surface area contributed by atoms with Crippen LogP contribution in [0.2, 0.25) is 0 Å². The SMILES string of the molecule is CS/C(=N\CC1SCCN1C)c1ccc(C)cc1O. The molecule has 0 amide bonds. The first-order valence-electron chi connectivity index (χ1n) is 6.32. The van der Waals surface area contributed by atoms with Gasteiger partial charge in [0.1, 0.15) is 10.8 Å². The molecule has 1 aliphatic heterocycles. The van der Waals surface area contributed by atoms with E-state index in [2.05, 4.69) is 11.9 Å². The molecule has 1 atom stereocenters. The summed E-state index contributed by atoms with van der Waals surface area (Å²) in [5, 5.41) is 11.4. The molecule has 1 fully saturated rings. The lowest BCUT2D eigenvalue weighted by Crippen LogP contribution is -2.26. The van der Waals surface area contributed by atoms with Gasteiger partial charge in [-0.2, -0.15) is 0 Å². The third kappa shape index (κ3) is 3.68. The number of nitrogens with zero attached hydrogens (tertiary/aromatic N) is 2. The zero-order valence-corrected chi connectivity index (χ0v) is 13.2. The minimum atomic E-state index is 0.320. The molecular weight excluding hydrogens is 276 g/mol. The third-order valence-corrected chi connectivity index (χ3v) is 5.26. The van der Waals surface area contributed by atoms with Gasteiger partial charge in [-0.3, -0.25) is 9.89 Å². The summed E-state index contributed by atoms with van der Waals surface area (Å²) in [5.41, 5.74) is 1.90. The van der Waals surface area contributed by atoms with Gasteiger partial charge in [-0.15, -0.1) is 23.5 Å². The maximum atomic E-state index is 10.0. The zero-order valence-electron chi connectivity index (χ0n) is 11.6. The van der Waals surface area contributed by atoms with Crippen LogP contribution in [0.25, 0.3) is 0 Å². The van der Waals surface area contributed by atoms with E-state index in [1.807, 2.05) is 37.1 Å². The van der Waals surface area contributed by atoms with Crippen molar-refractivity contribution in [3.05, 3.63) is 29.3 Å². The average Bonchev–Trinajstić information content (AvgIpc) is 2.78. The zero-order chi connectivity index (χ0) is 13.8. The number of aryl methyl sites for hydroxylation is 1. The van der Waals surface area contributed by atoms with Gasteiger partial charge in [-0.25, -0.2) is 0 Å². The maximum Gasteiger partial charge on any atom is 0.125 e. The first kappa shape index (κ1) is 14.8. The van der Waals surface area contributed by atoms with Gasteiger partial charge in [0.25, 0.3) is 0 Å². The smallest absolute Gasteiger partial charge is 0.125 e. The highest BCUT2D eigenvalue weighted by molar-refractivity contribution is 8.13. The van der Waals surface area contributed by atoms with E-state index in [9.17, 15) is 5.11 Å².